The van der Waals surface area contributed by atoms with Gasteiger partial charge in [0.1, 0.15) is 22.3 Å². The first-order chi connectivity index (χ1) is 28.7. The Morgan fingerprint density at radius 2 is 1.10 bits per heavy atom. The molecule has 0 saturated carbocycles. The molecular weight excluding hydrogens is 709 g/mol. The van der Waals surface area contributed by atoms with E-state index in [1.165, 1.54) is 21.8 Å². The van der Waals surface area contributed by atoms with E-state index in [0.717, 1.165) is 94.3 Å². The van der Waals surface area contributed by atoms with Gasteiger partial charge in [-0.25, -0.2) is 0 Å². The largest absolute Gasteiger partial charge is 0.456 e. The molecule has 0 bridgehead atoms. The Morgan fingerprint density at radius 3 is 1.97 bits per heavy atom. The van der Waals surface area contributed by atoms with Gasteiger partial charge in [-0.2, -0.15) is 0 Å². The SMILES string of the molecule is C=C1/C=C(c2cc(-c3ccc4c(c3)c3ccccc3n4-c3ccccc3)cc3c2oc2cc4oc5ccccc5c4cc23)\C=C/N(c2ccccc2)c2ccccc21. The Balaban J connectivity index is 1.12. The zero-order chi connectivity index (χ0) is 38.3. The number of fused-ring (bicyclic) bond motifs is 10. The first-order valence-electron chi connectivity index (χ1n) is 19.6. The van der Waals surface area contributed by atoms with E-state index in [2.05, 4.69) is 186 Å². The van der Waals surface area contributed by atoms with Crippen molar-refractivity contribution in [2.45, 2.75) is 0 Å². The summed E-state index contributed by atoms with van der Waals surface area (Å²) in [6.07, 6.45) is 6.55. The normalized spacial score (nSPS) is 14.7. The molecule has 0 atom stereocenters. The second-order valence-corrected chi connectivity index (χ2v) is 15.0. The van der Waals surface area contributed by atoms with Gasteiger partial charge in [0.2, 0.25) is 0 Å². The number of hydrogen-bond donors (Lipinski definition) is 0. The molecule has 4 heteroatoms. The van der Waals surface area contributed by atoms with Crippen LogP contribution in [0.25, 0.3) is 93.6 Å². The summed E-state index contributed by atoms with van der Waals surface area (Å²) < 4.78 is 15.6. The lowest BCUT2D eigenvalue weighted by atomic mass is 9.92. The Labute approximate surface area is 334 Å². The minimum Gasteiger partial charge on any atom is -0.456 e. The minimum absolute atomic E-state index is 0.784. The summed E-state index contributed by atoms with van der Waals surface area (Å²) in [7, 11) is 0. The fourth-order valence-electron chi connectivity index (χ4n) is 8.97. The molecule has 0 radical (unpaired) electrons. The van der Waals surface area contributed by atoms with Crippen LogP contribution in [0.5, 0.6) is 0 Å². The number of nitrogens with zero attached hydrogens (tertiary/aromatic N) is 2. The molecule has 1 aliphatic rings. The van der Waals surface area contributed by atoms with Crippen LogP contribution < -0.4 is 4.90 Å². The van der Waals surface area contributed by atoms with Crippen molar-refractivity contribution in [3.05, 3.63) is 212 Å². The Morgan fingerprint density at radius 1 is 0.431 bits per heavy atom. The maximum absolute atomic E-state index is 6.92. The van der Waals surface area contributed by atoms with Crippen LogP contribution in [0.15, 0.2) is 210 Å². The molecule has 4 heterocycles. The molecule has 0 aliphatic carbocycles. The van der Waals surface area contributed by atoms with Gasteiger partial charge >= 0.3 is 0 Å². The molecule has 0 amide bonds. The first-order valence-corrected chi connectivity index (χ1v) is 19.6. The lowest BCUT2D eigenvalue weighted by Gasteiger charge is -2.26. The van der Waals surface area contributed by atoms with Gasteiger partial charge in [-0.15, -0.1) is 0 Å². The highest BCUT2D eigenvalue weighted by atomic mass is 16.3. The Bertz CT molecular complexity index is 3520. The van der Waals surface area contributed by atoms with E-state index >= 15 is 0 Å². The summed E-state index contributed by atoms with van der Waals surface area (Å²) in [6.45, 7) is 4.63. The standard InChI is InChI=1S/C54H34N2O2/c1-34-28-36(26-27-55(38-14-4-2-5-15-38)48-21-11-8-18-40(34)48)43-30-37(31-47-46-32-45-42-20-10-13-23-51(42)57-52(45)33-53(46)58-54(43)47)35-24-25-50-44(29-35)41-19-9-12-22-49(41)56(50)39-16-6-3-7-17-39/h2-33H,1H2/b27-26-,36-28+. The van der Waals surface area contributed by atoms with Gasteiger partial charge in [0, 0.05) is 67.1 Å². The van der Waals surface area contributed by atoms with E-state index in [-0.39, 0.29) is 0 Å². The highest BCUT2D eigenvalue weighted by Crippen LogP contribution is 2.44. The molecule has 3 aromatic heterocycles. The topological polar surface area (TPSA) is 34.5 Å². The van der Waals surface area contributed by atoms with E-state index < -0.39 is 0 Å². The quantitative estimate of drug-likeness (QED) is 0.180. The van der Waals surface area contributed by atoms with Crippen LogP contribution in [-0.4, -0.2) is 4.57 Å². The van der Waals surface area contributed by atoms with Gasteiger partial charge < -0.3 is 18.3 Å². The van der Waals surface area contributed by atoms with Crippen LogP contribution >= 0.6 is 0 Å². The smallest absolute Gasteiger partial charge is 0.143 e. The second-order valence-electron chi connectivity index (χ2n) is 15.0. The zero-order valence-corrected chi connectivity index (χ0v) is 31.4. The van der Waals surface area contributed by atoms with Crippen LogP contribution in [-0.2, 0) is 0 Å². The summed E-state index contributed by atoms with van der Waals surface area (Å²) >= 11 is 0. The summed E-state index contributed by atoms with van der Waals surface area (Å²) in [5.74, 6) is 0. The third-order valence-corrected chi connectivity index (χ3v) is 11.7. The van der Waals surface area contributed by atoms with Gasteiger partial charge in [0.05, 0.1) is 16.7 Å². The molecule has 11 aromatic rings. The van der Waals surface area contributed by atoms with E-state index in [4.69, 9.17) is 8.83 Å². The number of benzene rings is 8. The number of rotatable bonds is 4. The average Bonchev–Trinajstić information content (AvgIpc) is 3.93. The number of allylic oxidation sites excluding steroid dienone is 4. The molecular formula is C54H34N2O2. The molecule has 1 aliphatic heterocycles. The van der Waals surface area contributed by atoms with Crippen LogP contribution in [0.2, 0.25) is 0 Å². The number of para-hydroxylation sites is 5. The van der Waals surface area contributed by atoms with Gasteiger partial charge in [0.15, 0.2) is 0 Å². The molecule has 0 N–H and O–H groups in total. The van der Waals surface area contributed by atoms with Crippen molar-refractivity contribution >= 4 is 88.2 Å². The summed E-state index contributed by atoms with van der Waals surface area (Å²) in [4.78, 5) is 2.24. The van der Waals surface area contributed by atoms with Crippen LogP contribution in [0.3, 0.4) is 0 Å². The lowest BCUT2D eigenvalue weighted by molar-refractivity contribution is 0.655. The number of furan rings is 2. The monoisotopic (exact) mass is 742 g/mol. The molecule has 272 valence electrons. The summed E-state index contributed by atoms with van der Waals surface area (Å²) in [6, 6.07) is 62.2. The fraction of sp³-hybridized carbons (Fsp3) is 0. The Hall–Kier alpha value is -7.82. The van der Waals surface area contributed by atoms with Crippen LogP contribution in [0.4, 0.5) is 11.4 Å². The second kappa shape index (κ2) is 12.6. The van der Waals surface area contributed by atoms with Crippen molar-refractivity contribution in [1.29, 1.82) is 0 Å². The van der Waals surface area contributed by atoms with E-state index in [1.807, 2.05) is 24.3 Å². The number of anilines is 2. The maximum atomic E-state index is 6.92. The van der Waals surface area contributed by atoms with Gasteiger partial charge in [-0.1, -0.05) is 104 Å². The predicted octanol–water partition coefficient (Wildman–Crippen LogP) is 15.0. The number of hydrogen-bond acceptors (Lipinski definition) is 3. The minimum atomic E-state index is 0.784. The van der Waals surface area contributed by atoms with Crippen molar-refractivity contribution in [2.24, 2.45) is 0 Å². The molecule has 4 nitrogen and oxygen atoms in total. The molecule has 8 aromatic carbocycles. The molecule has 12 rings (SSSR count). The van der Waals surface area contributed by atoms with E-state index in [1.54, 1.807) is 0 Å². The van der Waals surface area contributed by atoms with E-state index in [9.17, 15) is 0 Å². The highest BCUT2D eigenvalue weighted by Gasteiger charge is 2.22. The van der Waals surface area contributed by atoms with E-state index in [0.29, 0.717) is 0 Å². The van der Waals surface area contributed by atoms with Crippen molar-refractivity contribution in [1.82, 2.24) is 4.57 Å². The van der Waals surface area contributed by atoms with Crippen molar-refractivity contribution in [3.8, 4) is 16.8 Å². The molecule has 0 saturated heterocycles. The zero-order valence-electron chi connectivity index (χ0n) is 31.4. The third-order valence-electron chi connectivity index (χ3n) is 11.7. The van der Waals surface area contributed by atoms with Crippen molar-refractivity contribution in [2.75, 3.05) is 4.90 Å². The van der Waals surface area contributed by atoms with Crippen molar-refractivity contribution in [3.63, 3.8) is 0 Å². The number of aromatic nitrogens is 1. The van der Waals surface area contributed by atoms with Gasteiger partial charge in [-0.05, 0) is 107 Å². The first kappa shape index (κ1) is 32.4. The summed E-state index contributed by atoms with van der Waals surface area (Å²) in [5.41, 5.74) is 15.1. The van der Waals surface area contributed by atoms with Crippen LogP contribution in [0, 0.1) is 0 Å². The highest BCUT2D eigenvalue weighted by molar-refractivity contribution is 6.18. The van der Waals surface area contributed by atoms with Gasteiger partial charge in [0.25, 0.3) is 0 Å². The summed E-state index contributed by atoms with van der Waals surface area (Å²) in [5, 5.41) is 6.67. The molecule has 58 heavy (non-hydrogen) atoms. The maximum Gasteiger partial charge on any atom is 0.143 e. The molecule has 0 unspecified atom stereocenters. The lowest BCUT2D eigenvalue weighted by Crippen LogP contribution is -2.11. The Kier molecular flexibility index (Phi) is 7.05. The molecule has 0 fully saturated rings. The fourth-order valence-corrected chi connectivity index (χ4v) is 8.97. The third kappa shape index (κ3) is 4.95. The van der Waals surface area contributed by atoms with Crippen LogP contribution in [0.1, 0.15) is 11.1 Å². The predicted molar refractivity (Wildman–Crippen MR) is 242 cm³/mol. The average molecular weight is 743 g/mol. The molecule has 0 spiro atoms. The van der Waals surface area contributed by atoms with Gasteiger partial charge in [-0.3, -0.25) is 0 Å². The van der Waals surface area contributed by atoms with Crippen molar-refractivity contribution < 1.29 is 8.83 Å².